The molecule has 0 aliphatic heterocycles. The quantitative estimate of drug-likeness (QED) is 0.251. The number of aryl methyl sites for hydroxylation is 2. The lowest BCUT2D eigenvalue weighted by molar-refractivity contribution is 0.450. The van der Waals surface area contributed by atoms with Crippen LogP contribution in [0.5, 0.6) is 5.88 Å². The van der Waals surface area contributed by atoms with Gasteiger partial charge in [-0.1, -0.05) is 18.2 Å². The molecule has 4 rings (SSSR count). The van der Waals surface area contributed by atoms with Crippen molar-refractivity contribution in [2.45, 2.75) is 13.8 Å². The fourth-order valence-corrected chi connectivity index (χ4v) is 3.27. The summed E-state index contributed by atoms with van der Waals surface area (Å²) in [5.41, 5.74) is -0.846. The molecule has 0 saturated carbocycles. The van der Waals surface area contributed by atoms with E-state index in [0.29, 0.717) is 11.4 Å². The lowest BCUT2D eigenvalue weighted by atomic mass is 10.2. The first-order valence-electron chi connectivity index (χ1n) is 9.57. The fraction of sp³-hybridized carbons (Fsp3) is 0.0909. The van der Waals surface area contributed by atoms with E-state index < -0.39 is 17.0 Å². The predicted octanol–water partition coefficient (Wildman–Crippen LogP) is -0.364. The molecule has 164 valence electrons. The highest BCUT2D eigenvalue weighted by molar-refractivity contribution is 5.71. The van der Waals surface area contributed by atoms with Crippen molar-refractivity contribution in [3.8, 4) is 11.9 Å². The highest BCUT2D eigenvalue weighted by Gasteiger charge is 2.16. The monoisotopic (exact) mass is 450 g/mol. The van der Waals surface area contributed by atoms with Crippen LogP contribution in [0.2, 0.25) is 0 Å². The molecule has 0 aliphatic carbocycles. The molecule has 0 spiro atoms. The first kappa shape index (κ1) is 21.8. The number of aromatic hydroxyl groups is 1. The molecule has 34 heavy (non-hydrogen) atoms. The molecule has 0 amide bonds. The van der Waals surface area contributed by atoms with E-state index in [1.54, 1.807) is 13.8 Å². The number of fused-ring (bicyclic) bond motifs is 2. The summed E-state index contributed by atoms with van der Waals surface area (Å²) in [7, 11) is 0. The minimum Gasteiger partial charge on any atom is -0.763 e. The van der Waals surface area contributed by atoms with E-state index in [4.69, 9.17) is 6.57 Å². The third kappa shape index (κ3) is 3.29. The molecule has 4 aromatic rings. The summed E-state index contributed by atoms with van der Waals surface area (Å²) in [5, 5.41) is 36.8. The normalized spacial score (nSPS) is 12.1. The second kappa shape index (κ2) is 8.24. The zero-order chi connectivity index (χ0) is 24.6. The van der Waals surface area contributed by atoms with Crippen molar-refractivity contribution in [2.24, 2.45) is 0 Å². The largest absolute Gasteiger partial charge is 0.763 e. The molecule has 0 atom stereocenters. The number of hydrogen-bond acceptors (Lipinski definition) is 8. The van der Waals surface area contributed by atoms with Crippen molar-refractivity contribution in [2.75, 3.05) is 0 Å². The Kier molecular flexibility index (Phi) is 5.28. The van der Waals surface area contributed by atoms with Crippen molar-refractivity contribution in [3.63, 3.8) is 0 Å². The van der Waals surface area contributed by atoms with Gasteiger partial charge in [0.1, 0.15) is 11.6 Å². The number of nitriles is 1. The van der Waals surface area contributed by atoms with E-state index >= 15 is 0 Å². The molecule has 0 radical (unpaired) electrons. The van der Waals surface area contributed by atoms with E-state index in [-0.39, 0.29) is 38.7 Å². The van der Waals surface area contributed by atoms with Crippen molar-refractivity contribution < 1.29 is 5.11 Å². The van der Waals surface area contributed by atoms with Gasteiger partial charge in [0.15, 0.2) is 17.0 Å². The minimum atomic E-state index is -0.659. The van der Waals surface area contributed by atoms with E-state index in [0.717, 1.165) is 9.03 Å². The van der Waals surface area contributed by atoms with Crippen LogP contribution in [0.15, 0.2) is 27.8 Å². The molecule has 0 bridgehead atoms. The Hall–Kier alpha value is -5.45. The lowest BCUT2D eigenvalue weighted by Crippen LogP contribution is -2.34. The summed E-state index contributed by atoms with van der Waals surface area (Å²) >= 11 is 0. The van der Waals surface area contributed by atoms with Crippen LogP contribution >= 0.6 is 0 Å². The average molecular weight is 450 g/mol. The molecule has 0 fully saturated rings. The van der Waals surface area contributed by atoms with Crippen molar-refractivity contribution in [1.29, 1.82) is 5.26 Å². The third-order valence-corrected chi connectivity index (χ3v) is 4.89. The smallest absolute Gasteiger partial charge is 0.285 e. The van der Waals surface area contributed by atoms with Crippen LogP contribution in [0.25, 0.3) is 33.7 Å². The summed E-state index contributed by atoms with van der Waals surface area (Å²) in [4.78, 5) is 36.7. The Labute approximate surface area is 189 Å². The van der Waals surface area contributed by atoms with Crippen LogP contribution < -0.4 is 21.6 Å². The summed E-state index contributed by atoms with van der Waals surface area (Å²) in [6.45, 7) is 10.3. The second-order valence-corrected chi connectivity index (χ2v) is 6.94. The van der Waals surface area contributed by atoms with Gasteiger partial charge in [-0.15, -0.1) is 0 Å². The maximum absolute atomic E-state index is 12.8. The Morgan fingerprint density at radius 1 is 1.06 bits per heavy atom. The maximum atomic E-state index is 12.8. The van der Waals surface area contributed by atoms with Gasteiger partial charge in [-0.05, 0) is 26.0 Å². The van der Waals surface area contributed by atoms with Gasteiger partial charge in [0.2, 0.25) is 5.88 Å². The fourth-order valence-electron chi connectivity index (χ4n) is 3.27. The molecule has 0 aromatic carbocycles. The van der Waals surface area contributed by atoms with Gasteiger partial charge in [-0.2, -0.15) is 29.5 Å². The van der Waals surface area contributed by atoms with Gasteiger partial charge < -0.3 is 10.5 Å². The van der Waals surface area contributed by atoms with Gasteiger partial charge in [0.05, 0.1) is 28.4 Å². The zero-order valence-electron chi connectivity index (χ0n) is 17.7. The summed E-state index contributed by atoms with van der Waals surface area (Å²) < 4.78 is 1.92. The van der Waals surface area contributed by atoms with Crippen LogP contribution in [-0.2, 0) is 0 Å². The van der Waals surface area contributed by atoms with Crippen molar-refractivity contribution in [3.05, 3.63) is 88.8 Å². The van der Waals surface area contributed by atoms with Gasteiger partial charge in [-0.3, -0.25) is 15.5 Å². The molecule has 0 unspecified atom stereocenters. The number of nitrogens with zero attached hydrogens (tertiary/aromatic N) is 9. The molecule has 4 heterocycles. The molecular weight excluding hydrogens is 438 g/mol. The predicted molar refractivity (Wildman–Crippen MR) is 121 cm³/mol. The number of aromatic nitrogens is 6. The van der Waals surface area contributed by atoms with Gasteiger partial charge >= 0.3 is 0 Å². The van der Waals surface area contributed by atoms with Crippen LogP contribution in [0, 0.1) is 31.8 Å². The molecule has 0 aliphatic rings. The SMILES string of the molecule is [C-]#[N+]c1c(C)nn2c(=O)c(=CC=CC=Cc3c(O)nc4c(=C=[N-])c(C)nn4c3=O)c(C#N)nc12. The van der Waals surface area contributed by atoms with Crippen LogP contribution in [0.1, 0.15) is 22.6 Å². The summed E-state index contributed by atoms with van der Waals surface area (Å²) in [6.07, 6.45) is 6.96. The molecule has 4 aromatic heterocycles. The maximum Gasteiger partial charge on any atom is 0.285 e. The van der Waals surface area contributed by atoms with E-state index in [1.165, 1.54) is 30.4 Å². The molecule has 0 saturated heterocycles. The molecule has 12 heteroatoms. The Morgan fingerprint density at radius 2 is 1.76 bits per heavy atom. The number of allylic oxidation sites excluding steroid dienone is 3. The van der Waals surface area contributed by atoms with Gasteiger partial charge in [0.25, 0.3) is 16.8 Å². The van der Waals surface area contributed by atoms with Crippen LogP contribution in [-0.4, -0.2) is 40.2 Å². The van der Waals surface area contributed by atoms with Gasteiger partial charge in [-0.25, -0.2) is 9.83 Å². The topological polar surface area (TPSA) is 165 Å². The standard InChI is InChI=1S/C22H12N9O3/c1-11-15(9-23)18-27-20(32)14(22(34)30(18)28-11)8-6-4-5-7-13-16(10-24)26-19-17(25-3)12(2)29-31(19)21(13)33/h4-8,32H,1-2H3/q-1. The van der Waals surface area contributed by atoms with Crippen LogP contribution in [0.3, 0.4) is 0 Å². The second-order valence-electron chi connectivity index (χ2n) is 6.94. The Bertz CT molecular complexity index is 1910. The van der Waals surface area contributed by atoms with Crippen molar-refractivity contribution in [1.82, 2.24) is 29.2 Å². The molecular formula is C22H12N9O3-. The van der Waals surface area contributed by atoms with E-state index in [1.807, 2.05) is 11.9 Å². The Balaban J connectivity index is 1.75. The van der Waals surface area contributed by atoms with Gasteiger partial charge in [0, 0.05) is 0 Å². The first-order valence-corrected chi connectivity index (χ1v) is 9.57. The zero-order valence-corrected chi connectivity index (χ0v) is 17.7. The minimum absolute atomic E-state index is 0.0184. The highest BCUT2D eigenvalue weighted by atomic mass is 16.3. The number of rotatable bonds is 3. The highest BCUT2D eigenvalue weighted by Crippen LogP contribution is 2.21. The summed E-state index contributed by atoms with van der Waals surface area (Å²) in [5.74, 6) is 1.34. The van der Waals surface area contributed by atoms with Crippen molar-refractivity contribution >= 4 is 35.0 Å². The van der Waals surface area contributed by atoms with E-state index in [2.05, 4.69) is 25.0 Å². The number of hydrogen-bond donors (Lipinski definition) is 1. The molecule has 12 nitrogen and oxygen atoms in total. The molecule has 1 N–H and O–H groups in total. The Morgan fingerprint density at radius 3 is 2.44 bits per heavy atom. The lowest BCUT2D eigenvalue weighted by Gasteiger charge is -1.98. The average Bonchev–Trinajstić information content (AvgIpc) is 3.31. The van der Waals surface area contributed by atoms with E-state index in [9.17, 15) is 25.4 Å². The van der Waals surface area contributed by atoms with Crippen LogP contribution in [0.4, 0.5) is 5.69 Å². The first-order chi connectivity index (χ1) is 16.3. The third-order valence-electron chi connectivity index (χ3n) is 4.89. The summed E-state index contributed by atoms with van der Waals surface area (Å²) in [6, 6.07) is 1.85.